The number of nitrogens with zero attached hydrogens (tertiary/aromatic N) is 1. The Morgan fingerprint density at radius 2 is 1.62 bits per heavy atom. The van der Waals surface area contributed by atoms with Crippen molar-refractivity contribution in [3.63, 3.8) is 0 Å². The first-order chi connectivity index (χ1) is 9.70. The largest absolute Gasteiger partial charge is 0.500 e. The molecule has 21 heavy (non-hydrogen) atoms. The summed E-state index contributed by atoms with van der Waals surface area (Å²) in [7, 11) is 2.16. The number of rotatable bonds is 7. The average molecular weight is 317 g/mol. The van der Waals surface area contributed by atoms with Gasteiger partial charge in [0.25, 0.3) is 0 Å². The van der Waals surface area contributed by atoms with Gasteiger partial charge in [0.1, 0.15) is 0 Å². The van der Waals surface area contributed by atoms with Crippen molar-refractivity contribution in [1.29, 1.82) is 0 Å². The molecule has 7 heteroatoms. The van der Waals surface area contributed by atoms with Gasteiger partial charge in [0.15, 0.2) is 11.8 Å². The van der Waals surface area contributed by atoms with Crippen LogP contribution >= 0.6 is 0 Å². The Hall–Kier alpha value is -1.02. The molecule has 0 radical (unpaired) electrons. The Kier molecular flexibility index (Phi) is 5.86. The van der Waals surface area contributed by atoms with Crippen LogP contribution in [0.4, 0.5) is 0 Å². The lowest BCUT2D eigenvalue weighted by atomic mass is 10.1. The van der Waals surface area contributed by atoms with E-state index in [-0.39, 0.29) is 17.3 Å². The van der Waals surface area contributed by atoms with Crippen LogP contribution in [0.15, 0.2) is 6.07 Å². The van der Waals surface area contributed by atoms with Crippen molar-refractivity contribution in [2.24, 2.45) is 0 Å². The zero-order chi connectivity index (χ0) is 16.3. The van der Waals surface area contributed by atoms with Crippen LogP contribution in [0, 0.1) is 0 Å². The molecule has 1 rings (SSSR count). The molecular formula is C14H27NO5Si. The zero-order valence-electron chi connectivity index (χ0n) is 13.8. The minimum atomic E-state index is -2.58. The highest BCUT2D eigenvalue weighted by Gasteiger charge is 2.37. The van der Waals surface area contributed by atoms with Gasteiger partial charge >= 0.3 is 8.80 Å². The van der Waals surface area contributed by atoms with Gasteiger partial charge < -0.3 is 23.5 Å². The van der Waals surface area contributed by atoms with E-state index < -0.39 is 8.80 Å². The zero-order valence-corrected chi connectivity index (χ0v) is 14.8. The molecule has 0 bridgehead atoms. The summed E-state index contributed by atoms with van der Waals surface area (Å²) in [5.74, 6) is 0.184. The maximum Gasteiger partial charge on any atom is 0.500 e. The molecule has 122 valence electrons. The lowest BCUT2D eigenvalue weighted by molar-refractivity contribution is 0.123. The lowest BCUT2D eigenvalue weighted by Gasteiger charge is -2.24. The van der Waals surface area contributed by atoms with Gasteiger partial charge in [-0.2, -0.15) is 0 Å². The Morgan fingerprint density at radius 3 is 2.00 bits per heavy atom. The van der Waals surface area contributed by atoms with E-state index in [9.17, 15) is 10.2 Å². The molecule has 1 aromatic rings. The third-order valence-electron chi connectivity index (χ3n) is 3.56. The first-order valence-corrected chi connectivity index (χ1v) is 8.92. The van der Waals surface area contributed by atoms with Gasteiger partial charge in [0, 0.05) is 44.5 Å². The summed E-state index contributed by atoms with van der Waals surface area (Å²) >= 11 is 0. The molecule has 1 heterocycles. The second kappa shape index (κ2) is 6.82. The van der Waals surface area contributed by atoms with Crippen LogP contribution in [0.25, 0.3) is 0 Å². The predicted molar refractivity (Wildman–Crippen MR) is 82.7 cm³/mol. The van der Waals surface area contributed by atoms with Crippen LogP contribution in [-0.4, -0.2) is 44.9 Å². The van der Waals surface area contributed by atoms with Crippen LogP contribution in [-0.2, 0) is 25.2 Å². The van der Waals surface area contributed by atoms with Crippen LogP contribution in [0.3, 0.4) is 0 Å². The molecule has 0 saturated heterocycles. The quantitative estimate of drug-likeness (QED) is 0.756. The summed E-state index contributed by atoms with van der Waals surface area (Å²) in [5, 5.41) is 20.2. The fourth-order valence-corrected chi connectivity index (χ4v) is 4.16. The predicted octanol–water partition coefficient (Wildman–Crippen LogP) is 2.47. The normalized spacial score (nSPS) is 12.9. The van der Waals surface area contributed by atoms with E-state index in [1.54, 1.807) is 27.4 Å². The third-order valence-corrected chi connectivity index (χ3v) is 6.40. The van der Waals surface area contributed by atoms with E-state index >= 15 is 0 Å². The van der Waals surface area contributed by atoms with Crippen LogP contribution < -0.4 is 0 Å². The van der Waals surface area contributed by atoms with E-state index in [1.807, 2.05) is 20.8 Å². The molecule has 0 spiro atoms. The smallest absolute Gasteiger partial charge is 0.494 e. The lowest BCUT2D eigenvalue weighted by Crippen LogP contribution is -2.42. The Bertz CT molecular complexity index is 454. The average Bonchev–Trinajstić information content (AvgIpc) is 2.70. The highest BCUT2D eigenvalue weighted by Crippen LogP contribution is 2.35. The molecule has 0 atom stereocenters. The van der Waals surface area contributed by atoms with Crippen molar-refractivity contribution in [3.05, 3.63) is 11.6 Å². The fourth-order valence-electron chi connectivity index (χ4n) is 2.43. The number of aryl methyl sites for hydroxylation is 1. The van der Waals surface area contributed by atoms with E-state index in [2.05, 4.69) is 0 Å². The summed E-state index contributed by atoms with van der Waals surface area (Å²) in [6.45, 7) is 5.78. The van der Waals surface area contributed by atoms with E-state index in [0.717, 1.165) is 6.42 Å². The van der Waals surface area contributed by atoms with Gasteiger partial charge in [-0.15, -0.1) is 0 Å². The molecule has 6 nitrogen and oxygen atoms in total. The van der Waals surface area contributed by atoms with Gasteiger partial charge in [0.05, 0.1) is 0 Å². The Labute approximate surface area is 127 Å². The first-order valence-electron chi connectivity index (χ1n) is 6.99. The topological polar surface area (TPSA) is 73.1 Å². The summed E-state index contributed by atoms with van der Waals surface area (Å²) < 4.78 is 17.6. The van der Waals surface area contributed by atoms with Crippen molar-refractivity contribution in [2.75, 3.05) is 21.3 Å². The van der Waals surface area contributed by atoms with Gasteiger partial charge in [-0.25, -0.2) is 0 Å². The summed E-state index contributed by atoms with van der Waals surface area (Å²) in [6.07, 6.45) is 1.36. The molecule has 0 aliphatic carbocycles. The second-order valence-corrected chi connectivity index (χ2v) is 9.10. The summed E-state index contributed by atoms with van der Waals surface area (Å²) in [6, 6.07) is 2.26. The number of aromatic nitrogens is 1. The molecule has 0 aliphatic rings. The molecule has 1 aromatic heterocycles. The highest BCUT2D eigenvalue weighted by atomic mass is 28.4. The summed E-state index contributed by atoms with van der Waals surface area (Å²) in [5.41, 5.74) is 0.338. The van der Waals surface area contributed by atoms with Gasteiger partial charge in [-0.3, -0.25) is 4.57 Å². The Balaban J connectivity index is 2.78. The van der Waals surface area contributed by atoms with E-state index in [0.29, 0.717) is 18.0 Å². The standard InChI is InChI=1S/C14H27NO5Si/c1-14(2,3)15-12(16)10-11(13(15)17)8-7-9-21(18-4,19-5)20-6/h10,16-17H,7-9H2,1-6H3. The number of hydrogen-bond acceptors (Lipinski definition) is 5. The van der Waals surface area contributed by atoms with Crippen molar-refractivity contribution in [2.45, 2.75) is 45.2 Å². The van der Waals surface area contributed by atoms with Crippen molar-refractivity contribution in [1.82, 2.24) is 4.57 Å². The summed E-state index contributed by atoms with van der Waals surface area (Å²) in [4.78, 5) is 0. The molecule has 2 N–H and O–H groups in total. The molecular weight excluding hydrogens is 290 g/mol. The molecule has 0 unspecified atom stereocenters. The monoisotopic (exact) mass is 317 g/mol. The number of aromatic hydroxyl groups is 2. The van der Waals surface area contributed by atoms with E-state index in [4.69, 9.17) is 13.3 Å². The van der Waals surface area contributed by atoms with Crippen molar-refractivity contribution < 1.29 is 23.5 Å². The second-order valence-electron chi connectivity index (χ2n) is 6.01. The highest BCUT2D eigenvalue weighted by molar-refractivity contribution is 6.60. The van der Waals surface area contributed by atoms with E-state index in [1.165, 1.54) is 4.57 Å². The molecule has 0 saturated carbocycles. The Morgan fingerprint density at radius 1 is 1.10 bits per heavy atom. The SMILES string of the molecule is CO[Si](CCCc1cc(O)n(C(C)(C)C)c1O)(OC)OC. The minimum absolute atomic E-state index is 0.0729. The van der Waals surface area contributed by atoms with Gasteiger partial charge in [0.2, 0.25) is 0 Å². The molecule has 0 aromatic carbocycles. The van der Waals surface area contributed by atoms with Crippen molar-refractivity contribution >= 4 is 8.80 Å². The minimum Gasteiger partial charge on any atom is -0.494 e. The first kappa shape index (κ1) is 18.0. The molecule has 0 fully saturated rings. The van der Waals surface area contributed by atoms with Gasteiger partial charge in [-0.05, 0) is 33.6 Å². The molecule has 0 aliphatic heterocycles. The third kappa shape index (κ3) is 4.00. The van der Waals surface area contributed by atoms with Crippen LogP contribution in [0.5, 0.6) is 11.8 Å². The fraction of sp³-hybridized carbons (Fsp3) is 0.714. The molecule has 0 amide bonds. The maximum atomic E-state index is 10.3. The van der Waals surface area contributed by atoms with Crippen molar-refractivity contribution in [3.8, 4) is 11.8 Å². The van der Waals surface area contributed by atoms with Crippen LogP contribution in [0.2, 0.25) is 6.04 Å². The number of hydrogen-bond donors (Lipinski definition) is 2. The van der Waals surface area contributed by atoms with Crippen LogP contribution in [0.1, 0.15) is 32.8 Å². The maximum absolute atomic E-state index is 10.3. The van der Waals surface area contributed by atoms with Gasteiger partial charge in [-0.1, -0.05) is 0 Å².